The van der Waals surface area contributed by atoms with Gasteiger partial charge in [-0.1, -0.05) is 12.1 Å². The lowest BCUT2D eigenvalue weighted by atomic mass is 10.1. The summed E-state index contributed by atoms with van der Waals surface area (Å²) >= 11 is 0. The maximum absolute atomic E-state index is 12.3. The van der Waals surface area contributed by atoms with Gasteiger partial charge >= 0.3 is 0 Å². The van der Waals surface area contributed by atoms with Crippen LogP contribution >= 0.6 is 0 Å². The second-order valence-corrected chi connectivity index (χ2v) is 9.82. The second-order valence-electron chi connectivity index (χ2n) is 7.32. The fourth-order valence-electron chi connectivity index (χ4n) is 2.83. The highest BCUT2D eigenvalue weighted by Gasteiger charge is 2.23. The van der Waals surface area contributed by atoms with E-state index < -0.39 is 15.1 Å². The first-order valence-corrected chi connectivity index (χ1v) is 11.4. The van der Waals surface area contributed by atoms with E-state index in [0.29, 0.717) is 22.4 Å². The Labute approximate surface area is 192 Å². The Morgan fingerprint density at radius 1 is 1.18 bits per heavy atom. The summed E-state index contributed by atoms with van der Waals surface area (Å²) in [4.78, 5) is 8.35. The summed E-state index contributed by atoms with van der Waals surface area (Å²) in [5, 5.41) is 20.7. The molecule has 1 heterocycles. The highest BCUT2D eigenvalue weighted by atomic mass is 32.2. The minimum atomic E-state index is -3.38. The summed E-state index contributed by atoms with van der Waals surface area (Å²) in [7, 11) is -3.38. The first-order chi connectivity index (χ1) is 15.7. The van der Waals surface area contributed by atoms with Gasteiger partial charge in [-0.3, -0.25) is 5.41 Å². The standard InChI is InChI=1S/C23H22N6O3S/c1-14(2)33(30,31)19-11-9-17(10-12-19)15(3)27-20(21(25)26-4)23-29-28-22(32-23)18-7-5-16(13-24)6-8-18/h5-12,14,25,29H,4H2,1-3H3. The molecule has 2 aromatic carbocycles. The lowest BCUT2D eigenvalue weighted by molar-refractivity contribution is 0.412. The van der Waals surface area contributed by atoms with Crippen LogP contribution in [0.4, 0.5) is 0 Å². The molecule has 0 fully saturated rings. The van der Waals surface area contributed by atoms with Gasteiger partial charge in [-0.2, -0.15) is 5.26 Å². The fourth-order valence-corrected chi connectivity index (χ4v) is 3.89. The molecule has 0 aromatic heterocycles. The van der Waals surface area contributed by atoms with Crippen molar-refractivity contribution >= 4 is 34.0 Å². The van der Waals surface area contributed by atoms with Crippen molar-refractivity contribution in [3.05, 3.63) is 76.8 Å². The molecule has 0 spiro atoms. The molecular formula is C23H22N6O3S. The van der Waals surface area contributed by atoms with E-state index in [-0.39, 0.29) is 28.2 Å². The van der Waals surface area contributed by atoms with E-state index in [0.717, 1.165) is 0 Å². The third-order valence-electron chi connectivity index (χ3n) is 4.82. The average Bonchev–Trinajstić information content (AvgIpc) is 3.31. The summed E-state index contributed by atoms with van der Waals surface area (Å²) in [6.07, 6.45) is 0. The Kier molecular flexibility index (Phi) is 6.84. The number of benzene rings is 2. The van der Waals surface area contributed by atoms with Crippen molar-refractivity contribution in [1.29, 1.82) is 10.7 Å². The van der Waals surface area contributed by atoms with Gasteiger partial charge in [-0.25, -0.2) is 23.8 Å². The molecule has 168 valence electrons. The summed E-state index contributed by atoms with van der Waals surface area (Å²) in [6, 6.07) is 15.1. The number of nitrogens with zero attached hydrogens (tertiary/aromatic N) is 4. The molecule has 0 radical (unpaired) electrons. The summed E-state index contributed by atoms with van der Waals surface area (Å²) in [6.45, 7) is 8.37. The fraction of sp³-hybridized carbons (Fsp3) is 0.174. The maximum atomic E-state index is 12.3. The topological polar surface area (TPSA) is 140 Å². The Bertz CT molecular complexity index is 1330. The lowest BCUT2D eigenvalue weighted by Crippen LogP contribution is -2.14. The number of nitrogens with one attached hydrogen (secondary N) is 2. The minimum Gasteiger partial charge on any atom is -0.417 e. The highest BCUT2D eigenvalue weighted by molar-refractivity contribution is 7.92. The molecule has 0 saturated carbocycles. The Hall–Kier alpha value is -4.10. The van der Waals surface area contributed by atoms with Gasteiger partial charge in [0, 0.05) is 11.3 Å². The van der Waals surface area contributed by atoms with Crippen molar-refractivity contribution in [2.75, 3.05) is 0 Å². The van der Waals surface area contributed by atoms with Crippen LogP contribution < -0.4 is 5.43 Å². The van der Waals surface area contributed by atoms with Gasteiger partial charge in [0.25, 0.3) is 0 Å². The largest absolute Gasteiger partial charge is 0.417 e. The number of rotatable bonds is 6. The van der Waals surface area contributed by atoms with E-state index in [4.69, 9.17) is 15.4 Å². The van der Waals surface area contributed by atoms with Crippen LogP contribution in [-0.2, 0) is 14.6 Å². The van der Waals surface area contributed by atoms with E-state index in [9.17, 15) is 8.42 Å². The van der Waals surface area contributed by atoms with Crippen LogP contribution in [0.2, 0.25) is 0 Å². The highest BCUT2D eigenvalue weighted by Crippen LogP contribution is 2.20. The van der Waals surface area contributed by atoms with E-state index in [1.54, 1.807) is 57.2 Å². The van der Waals surface area contributed by atoms with Gasteiger partial charge < -0.3 is 4.74 Å². The molecule has 1 aliphatic rings. The number of amidine groups is 1. The van der Waals surface area contributed by atoms with Crippen LogP contribution in [0.5, 0.6) is 0 Å². The molecule has 0 aliphatic carbocycles. The van der Waals surface area contributed by atoms with Crippen LogP contribution in [0.15, 0.2) is 80.1 Å². The SMILES string of the molecule is C=NC(=N)C(N=C(C)c1ccc(S(=O)(=O)C(C)C)cc1)=C1NN=C(c2ccc(C#N)cc2)O1. The van der Waals surface area contributed by atoms with Crippen LogP contribution in [0.25, 0.3) is 0 Å². The molecule has 0 unspecified atom stereocenters. The number of hydrogen-bond acceptors (Lipinski definition) is 8. The number of hydrazone groups is 1. The van der Waals surface area contributed by atoms with Crippen LogP contribution in [-0.4, -0.2) is 37.8 Å². The predicted molar refractivity (Wildman–Crippen MR) is 127 cm³/mol. The zero-order chi connectivity index (χ0) is 24.2. The van der Waals surface area contributed by atoms with Gasteiger partial charge in [0.1, 0.15) is 0 Å². The monoisotopic (exact) mass is 462 g/mol. The molecule has 0 amide bonds. The van der Waals surface area contributed by atoms with Crippen molar-refractivity contribution in [2.24, 2.45) is 15.1 Å². The van der Waals surface area contributed by atoms with E-state index in [1.165, 1.54) is 12.1 Å². The molecule has 0 bridgehead atoms. The average molecular weight is 463 g/mol. The molecule has 0 atom stereocenters. The summed E-state index contributed by atoms with van der Waals surface area (Å²) < 4.78 is 30.4. The van der Waals surface area contributed by atoms with Gasteiger partial charge in [-0.05, 0) is 69.5 Å². The molecule has 1 aliphatic heterocycles. The molecule has 3 rings (SSSR count). The van der Waals surface area contributed by atoms with Crippen LogP contribution in [0, 0.1) is 16.7 Å². The smallest absolute Gasteiger partial charge is 0.245 e. The molecule has 10 heteroatoms. The second kappa shape index (κ2) is 9.58. The van der Waals surface area contributed by atoms with Crippen LogP contribution in [0.1, 0.15) is 37.5 Å². The molecule has 33 heavy (non-hydrogen) atoms. The molecule has 0 saturated heterocycles. The van der Waals surface area contributed by atoms with E-state index >= 15 is 0 Å². The molecule has 2 N–H and O–H groups in total. The van der Waals surface area contributed by atoms with Crippen molar-refractivity contribution < 1.29 is 13.2 Å². The third kappa shape index (κ3) is 5.05. The quantitative estimate of drug-likeness (QED) is 0.500. The number of hydrogen-bond donors (Lipinski definition) is 2. The first kappa shape index (κ1) is 23.6. The number of sulfone groups is 1. The normalized spacial score (nSPS) is 15.2. The summed E-state index contributed by atoms with van der Waals surface area (Å²) in [5.74, 6) is 0.122. The third-order valence-corrected chi connectivity index (χ3v) is 6.99. The van der Waals surface area contributed by atoms with Crippen LogP contribution in [0.3, 0.4) is 0 Å². The Morgan fingerprint density at radius 3 is 2.36 bits per heavy atom. The van der Waals surface area contributed by atoms with Crippen molar-refractivity contribution in [2.45, 2.75) is 30.9 Å². The zero-order valence-corrected chi connectivity index (χ0v) is 19.1. The van der Waals surface area contributed by atoms with Gasteiger partial charge in [-0.15, -0.1) is 5.10 Å². The van der Waals surface area contributed by atoms with Gasteiger partial charge in [0.15, 0.2) is 21.4 Å². The first-order valence-electron chi connectivity index (χ1n) is 9.89. The number of aliphatic imine (C=N–C) groups is 2. The van der Waals surface area contributed by atoms with Crippen molar-refractivity contribution in [3.8, 4) is 6.07 Å². The predicted octanol–water partition coefficient (Wildman–Crippen LogP) is 3.38. The summed E-state index contributed by atoms with van der Waals surface area (Å²) in [5.41, 5.74) is 5.11. The van der Waals surface area contributed by atoms with Gasteiger partial charge in [0.2, 0.25) is 11.8 Å². The van der Waals surface area contributed by atoms with E-state index in [2.05, 4.69) is 27.2 Å². The minimum absolute atomic E-state index is 0.0776. The van der Waals surface area contributed by atoms with E-state index in [1.807, 2.05) is 6.07 Å². The van der Waals surface area contributed by atoms with Crippen molar-refractivity contribution in [3.63, 3.8) is 0 Å². The van der Waals surface area contributed by atoms with Gasteiger partial charge in [0.05, 0.1) is 21.8 Å². The number of ether oxygens (including phenoxy) is 1. The number of nitriles is 1. The molecule has 9 nitrogen and oxygen atoms in total. The lowest BCUT2D eigenvalue weighted by Gasteiger charge is -2.10. The maximum Gasteiger partial charge on any atom is 0.245 e. The Morgan fingerprint density at radius 2 is 1.82 bits per heavy atom. The molecule has 2 aromatic rings. The van der Waals surface area contributed by atoms with Crippen molar-refractivity contribution in [1.82, 2.24) is 5.43 Å². The zero-order valence-electron chi connectivity index (χ0n) is 18.3. The molecular weight excluding hydrogens is 440 g/mol. The Balaban J connectivity index is 1.91.